The Morgan fingerprint density at radius 1 is 0.684 bits per heavy atom. The number of rotatable bonds is 3. The smallest absolute Gasteiger partial charge is 0.0619 e. The van der Waals surface area contributed by atoms with Gasteiger partial charge in [0.2, 0.25) is 0 Å². The summed E-state index contributed by atoms with van der Waals surface area (Å²) in [5, 5.41) is 2.65. The maximum absolute atomic E-state index is 2.34. The summed E-state index contributed by atoms with van der Waals surface area (Å²) in [6, 6.07) is 26.3. The van der Waals surface area contributed by atoms with Crippen molar-refractivity contribution in [3.05, 3.63) is 72.8 Å². The Morgan fingerprint density at radius 2 is 1.37 bits per heavy atom. The van der Waals surface area contributed by atoms with Crippen LogP contribution in [0.4, 0.5) is 0 Å². The molecule has 0 amide bonds. The first-order valence-corrected chi connectivity index (χ1v) is 8.02. The zero-order chi connectivity index (χ0) is 13.1. The van der Waals surface area contributed by atoms with Crippen molar-refractivity contribution in [2.75, 3.05) is 5.75 Å². The highest BCUT2D eigenvalue weighted by Gasteiger charge is 2.22. The van der Waals surface area contributed by atoms with Crippen LogP contribution in [0.5, 0.6) is 0 Å². The van der Waals surface area contributed by atoms with Gasteiger partial charge in [0, 0.05) is 6.07 Å². The first-order chi connectivity index (χ1) is 9.38. The molecule has 0 bridgehead atoms. The predicted octanol–water partition coefficient (Wildman–Crippen LogP) is 4.90. The van der Waals surface area contributed by atoms with Crippen molar-refractivity contribution in [1.82, 2.24) is 0 Å². The highest BCUT2D eigenvalue weighted by atomic mass is 32.2. The standard InChI is InChI=1S/C18H17S/c1-2-19(17-10-4-3-5-11-17)18-13-12-15-8-6-7-9-16(15)14-18/h3-14H,2H2,1H3/q+1. The first-order valence-electron chi connectivity index (χ1n) is 6.63. The second-order valence-corrected chi connectivity index (χ2v) is 6.80. The minimum absolute atomic E-state index is 0.186. The van der Waals surface area contributed by atoms with Crippen LogP contribution in [-0.2, 0) is 10.9 Å². The number of benzene rings is 3. The van der Waals surface area contributed by atoms with Gasteiger partial charge in [0.15, 0.2) is 9.79 Å². The highest BCUT2D eigenvalue weighted by molar-refractivity contribution is 7.97. The monoisotopic (exact) mass is 265 g/mol. The lowest BCUT2D eigenvalue weighted by Crippen LogP contribution is -2.06. The first kappa shape index (κ1) is 12.3. The molecule has 3 aromatic rings. The Balaban J connectivity index is 2.06. The molecule has 3 aromatic carbocycles. The van der Waals surface area contributed by atoms with Crippen molar-refractivity contribution in [1.29, 1.82) is 0 Å². The van der Waals surface area contributed by atoms with Gasteiger partial charge in [-0.3, -0.25) is 0 Å². The lowest BCUT2D eigenvalue weighted by Gasteiger charge is -2.06. The van der Waals surface area contributed by atoms with E-state index in [9.17, 15) is 0 Å². The van der Waals surface area contributed by atoms with Gasteiger partial charge in [0.05, 0.1) is 10.9 Å². The van der Waals surface area contributed by atoms with Gasteiger partial charge < -0.3 is 0 Å². The number of fused-ring (bicyclic) bond motifs is 1. The van der Waals surface area contributed by atoms with Gasteiger partial charge in [0.1, 0.15) is 5.75 Å². The van der Waals surface area contributed by atoms with Crippen LogP contribution in [0.1, 0.15) is 6.92 Å². The van der Waals surface area contributed by atoms with Gasteiger partial charge in [-0.2, -0.15) is 0 Å². The van der Waals surface area contributed by atoms with Crippen molar-refractivity contribution in [3.63, 3.8) is 0 Å². The van der Waals surface area contributed by atoms with Gasteiger partial charge in [-0.25, -0.2) is 0 Å². The van der Waals surface area contributed by atoms with E-state index in [1.165, 1.54) is 20.6 Å². The largest absolute Gasteiger partial charge is 0.161 e. The Kier molecular flexibility index (Phi) is 3.56. The zero-order valence-corrected chi connectivity index (χ0v) is 11.9. The predicted molar refractivity (Wildman–Crippen MR) is 84.8 cm³/mol. The average Bonchev–Trinajstić information content (AvgIpc) is 2.49. The van der Waals surface area contributed by atoms with E-state index in [0.717, 1.165) is 5.75 Å². The lowest BCUT2D eigenvalue weighted by atomic mass is 10.1. The molecule has 94 valence electrons. The third kappa shape index (κ3) is 2.52. The maximum Gasteiger partial charge on any atom is 0.161 e. The Morgan fingerprint density at radius 3 is 2.11 bits per heavy atom. The zero-order valence-electron chi connectivity index (χ0n) is 11.0. The van der Waals surface area contributed by atoms with Crippen LogP contribution in [0.3, 0.4) is 0 Å². The van der Waals surface area contributed by atoms with Crippen LogP contribution in [-0.4, -0.2) is 5.75 Å². The van der Waals surface area contributed by atoms with E-state index in [1.54, 1.807) is 0 Å². The quantitative estimate of drug-likeness (QED) is 0.591. The van der Waals surface area contributed by atoms with Crippen molar-refractivity contribution < 1.29 is 0 Å². The molecule has 1 unspecified atom stereocenters. The SMILES string of the molecule is CC[S+](c1ccccc1)c1ccc2ccccc2c1. The summed E-state index contributed by atoms with van der Waals surface area (Å²) in [7, 11) is 0.186. The summed E-state index contributed by atoms with van der Waals surface area (Å²) in [6.07, 6.45) is 0. The molecular formula is C18H17S+. The van der Waals surface area contributed by atoms with Gasteiger partial charge >= 0.3 is 0 Å². The van der Waals surface area contributed by atoms with Gasteiger partial charge in [-0.05, 0) is 42.0 Å². The molecule has 1 heteroatoms. The molecular weight excluding hydrogens is 248 g/mol. The van der Waals surface area contributed by atoms with E-state index in [0.29, 0.717) is 0 Å². The fourth-order valence-corrected chi connectivity index (χ4v) is 4.30. The molecule has 3 rings (SSSR count). The molecule has 0 aliphatic heterocycles. The van der Waals surface area contributed by atoms with Gasteiger partial charge in [0.25, 0.3) is 0 Å². The molecule has 0 radical (unpaired) electrons. The third-order valence-corrected chi connectivity index (χ3v) is 5.56. The van der Waals surface area contributed by atoms with E-state index in [-0.39, 0.29) is 10.9 Å². The van der Waals surface area contributed by atoms with E-state index in [4.69, 9.17) is 0 Å². The molecule has 0 N–H and O–H groups in total. The number of hydrogen-bond acceptors (Lipinski definition) is 0. The Bertz CT molecular complexity index is 673. The van der Waals surface area contributed by atoms with Crippen LogP contribution in [0.25, 0.3) is 10.8 Å². The fraction of sp³-hybridized carbons (Fsp3) is 0.111. The Labute approximate surface area is 117 Å². The van der Waals surface area contributed by atoms with Crippen molar-refractivity contribution in [3.8, 4) is 0 Å². The van der Waals surface area contributed by atoms with Crippen LogP contribution < -0.4 is 0 Å². The molecule has 0 spiro atoms. The van der Waals surface area contributed by atoms with E-state index in [2.05, 4.69) is 79.7 Å². The number of hydrogen-bond donors (Lipinski definition) is 0. The van der Waals surface area contributed by atoms with E-state index >= 15 is 0 Å². The molecule has 1 atom stereocenters. The Hall–Kier alpha value is -1.73. The minimum atomic E-state index is 0.186. The molecule has 0 saturated carbocycles. The van der Waals surface area contributed by atoms with Crippen molar-refractivity contribution in [2.24, 2.45) is 0 Å². The van der Waals surface area contributed by atoms with Crippen LogP contribution in [0, 0.1) is 0 Å². The summed E-state index contributed by atoms with van der Waals surface area (Å²) in [5.41, 5.74) is 0. The minimum Gasteiger partial charge on any atom is -0.0619 e. The van der Waals surface area contributed by atoms with Gasteiger partial charge in [-0.1, -0.05) is 42.5 Å². The summed E-state index contributed by atoms with van der Waals surface area (Å²) >= 11 is 0. The molecule has 0 aromatic heterocycles. The summed E-state index contributed by atoms with van der Waals surface area (Å²) in [4.78, 5) is 2.87. The molecule has 0 saturated heterocycles. The second-order valence-electron chi connectivity index (χ2n) is 4.50. The lowest BCUT2D eigenvalue weighted by molar-refractivity contribution is 1.34. The van der Waals surface area contributed by atoms with Crippen molar-refractivity contribution >= 4 is 21.7 Å². The molecule has 0 aliphatic carbocycles. The highest BCUT2D eigenvalue weighted by Crippen LogP contribution is 2.26. The fourth-order valence-electron chi connectivity index (χ4n) is 2.37. The molecule has 0 nitrogen and oxygen atoms in total. The summed E-state index contributed by atoms with van der Waals surface area (Å²) in [6.45, 7) is 2.27. The van der Waals surface area contributed by atoms with Gasteiger partial charge in [-0.15, -0.1) is 0 Å². The van der Waals surface area contributed by atoms with E-state index in [1.807, 2.05) is 0 Å². The van der Waals surface area contributed by atoms with Crippen LogP contribution in [0.2, 0.25) is 0 Å². The van der Waals surface area contributed by atoms with Crippen LogP contribution in [0.15, 0.2) is 82.6 Å². The topological polar surface area (TPSA) is 0 Å². The average molecular weight is 265 g/mol. The molecule has 0 heterocycles. The molecule has 19 heavy (non-hydrogen) atoms. The van der Waals surface area contributed by atoms with Crippen LogP contribution >= 0.6 is 0 Å². The summed E-state index contributed by atoms with van der Waals surface area (Å²) in [5.74, 6) is 1.16. The maximum atomic E-state index is 2.34. The second kappa shape index (κ2) is 5.50. The normalized spacial score (nSPS) is 12.5. The van der Waals surface area contributed by atoms with Crippen molar-refractivity contribution in [2.45, 2.75) is 16.7 Å². The third-order valence-electron chi connectivity index (χ3n) is 3.32. The summed E-state index contributed by atoms with van der Waals surface area (Å²) < 4.78 is 0. The van der Waals surface area contributed by atoms with E-state index < -0.39 is 0 Å². The molecule has 0 fully saturated rings. The molecule has 0 aliphatic rings.